The molecule has 4 aromatic rings. The maximum atomic E-state index is 12.8. The fourth-order valence-electron chi connectivity index (χ4n) is 3.52. The van der Waals surface area contributed by atoms with Crippen molar-refractivity contribution in [3.8, 4) is 5.69 Å². The van der Waals surface area contributed by atoms with Gasteiger partial charge in [0.15, 0.2) is 0 Å². The van der Waals surface area contributed by atoms with Crippen molar-refractivity contribution < 1.29 is 14.4 Å². The summed E-state index contributed by atoms with van der Waals surface area (Å²) in [6, 6.07) is 14.6. The highest BCUT2D eigenvalue weighted by molar-refractivity contribution is 6.43. The van der Waals surface area contributed by atoms with Crippen LogP contribution in [-0.2, 0) is 4.79 Å². The number of ketones is 1. The molecular weight excluding hydrogens is 396 g/mol. The van der Waals surface area contributed by atoms with Crippen molar-refractivity contribution in [2.75, 3.05) is 0 Å². The van der Waals surface area contributed by atoms with Gasteiger partial charge < -0.3 is 0 Å². The number of carbonyl (C=O) groups excluding carboxylic acids is 3. The molecule has 4 rings (SSSR count). The van der Waals surface area contributed by atoms with E-state index < -0.39 is 17.6 Å². The van der Waals surface area contributed by atoms with Gasteiger partial charge in [-0.25, -0.2) is 9.67 Å². The van der Waals surface area contributed by atoms with Crippen LogP contribution < -0.4 is 10.9 Å². The molecule has 156 valence electrons. The summed E-state index contributed by atoms with van der Waals surface area (Å²) in [6.45, 7) is 5.07. The Morgan fingerprint density at radius 3 is 2.32 bits per heavy atom. The van der Waals surface area contributed by atoms with Crippen LogP contribution in [0.25, 0.3) is 11.3 Å². The lowest BCUT2D eigenvalue weighted by Gasteiger charge is -2.08. The number of carbonyl (C=O) groups is 3. The largest absolute Gasteiger partial charge is 0.310 e. The Labute approximate surface area is 177 Å². The summed E-state index contributed by atoms with van der Waals surface area (Å²) in [4.78, 5) is 42.2. The Morgan fingerprint density at radius 2 is 1.58 bits per heavy atom. The number of hydrazine groups is 1. The molecule has 0 radical (unpaired) electrons. The Morgan fingerprint density at radius 1 is 0.871 bits per heavy atom. The molecule has 0 aliphatic carbocycles. The number of para-hydroxylation sites is 1. The molecule has 0 aliphatic heterocycles. The number of pyridine rings is 1. The van der Waals surface area contributed by atoms with Gasteiger partial charge in [0, 0.05) is 6.20 Å². The molecule has 0 saturated carbocycles. The molecule has 0 atom stereocenters. The van der Waals surface area contributed by atoms with Gasteiger partial charge in [-0.1, -0.05) is 24.3 Å². The van der Waals surface area contributed by atoms with E-state index in [0.717, 1.165) is 5.69 Å². The van der Waals surface area contributed by atoms with Crippen LogP contribution in [0.4, 0.5) is 0 Å². The van der Waals surface area contributed by atoms with E-state index in [2.05, 4.69) is 20.9 Å². The normalized spacial score (nSPS) is 10.8. The summed E-state index contributed by atoms with van der Waals surface area (Å²) >= 11 is 0. The molecule has 0 fully saturated rings. The number of nitrogens with one attached hydrogen (secondary N) is 2. The van der Waals surface area contributed by atoms with Crippen molar-refractivity contribution in [3.05, 3.63) is 83.1 Å². The van der Waals surface area contributed by atoms with Crippen LogP contribution in [0, 0.1) is 20.8 Å². The van der Waals surface area contributed by atoms with Crippen LogP contribution in [0.5, 0.6) is 0 Å². The van der Waals surface area contributed by atoms with Gasteiger partial charge in [-0.15, -0.1) is 0 Å². The van der Waals surface area contributed by atoms with Crippen molar-refractivity contribution in [1.82, 2.24) is 30.0 Å². The molecule has 0 saturated heterocycles. The highest BCUT2D eigenvalue weighted by atomic mass is 16.2. The predicted molar refractivity (Wildman–Crippen MR) is 113 cm³/mol. The molecule has 9 heteroatoms. The van der Waals surface area contributed by atoms with Gasteiger partial charge in [0.05, 0.1) is 28.3 Å². The number of hydrogen-bond acceptors (Lipinski definition) is 5. The van der Waals surface area contributed by atoms with Crippen LogP contribution in [0.15, 0.2) is 54.7 Å². The van der Waals surface area contributed by atoms with Gasteiger partial charge in [0.25, 0.3) is 11.7 Å². The van der Waals surface area contributed by atoms with Gasteiger partial charge in [-0.2, -0.15) is 5.10 Å². The molecular formula is C22H20N6O3. The molecule has 0 unspecified atom stereocenters. The first kappa shape index (κ1) is 20.0. The fraction of sp³-hybridized carbons (Fsp3) is 0.136. The number of benzene rings is 1. The lowest BCUT2D eigenvalue weighted by Crippen LogP contribution is -2.45. The van der Waals surface area contributed by atoms with Crippen LogP contribution in [0.2, 0.25) is 0 Å². The lowest BCUT2D eigenvalue weighted by molar-refractivity contribution is -0.117. The summed E-state index contributed by atoms with van der Waals surface area (Å²) in [5.41, 5.74) is 7.80. The van der Waals surface area contributed by atoms with E-state index in [-0.39, 0.29) is 11.3 Å². The van der Waals surface area contributed by atoms with Crippen LogP contribution >= 0.6 is 0 Å². The highest BCUT2D eigenvalue weighted by Crippen LogP contribution is 2.18. The molecule has 1 aromatic carbocycles. The van der Waals surface area contributed by atoms with Gasteiger partial charge in [0.1, 0.15) is 11.3 Å². The van der Waals surface area contributed by atoms with E-state index >= 15 is 0 Å². The average molecular weight is 416 g/mol. The zero-order valence-electron chi connectivity index (χ0n) is 17.2. The lowest BCUT2D eigenvalue weighted by atomic mass is 10.1. The highest BCUT2D eigenvalue weighted by Gasteiger charge is 2.26. The summed E-state index contributed by atoms with van der Waals surface area (Å²) < 4.78 is 3.22. The number of rotatable bonds is 4. The first-order valence-electron chi connectivity index (χ1n) is 9.59. The van der Waals surface area contributed by atoms with Crippen molar-refractivity contribution in [1.29, 1.82) is 0 Å². The smallest absolute Gasteiger partial charge is 0.295 e. The Kier molecular flexibility index (Phi) is 5.08. The monoisotopic (exact) mass is 416 g/mol. The van der Waals surface area contributed by atoms with E-state index in [1.807, 2.05) is 36.4 Å². The molecule has 2 N–H and O–H groups in total. The van der Waals surface area contributed by atoms with E-state index in [1.54, 1.807) is 48.2 Å². The van der Waals surface area contributed by atoms with Crippen molar-refractivity contribution in [3.63, 3.8) is 0 Å². The third-order valence-electron chi connectivity index (χ3n) is 4.93. The fourth-order valence-corrected chi connectivity index (χ4v) is 3.52. The second kappa shape index (κ2) is 7.86. The van der Waals surface area contributed by atoms with E-state index in [4.69, 9.17) is 0 Å². The number of aromatic nitrogens is 4. The Balaban J connectivity index is 1.52. The quantitative estimate of drug-likeness (QED) is 0.301. The first-order chi connectivity index (χ1) is 14.9. The number of fused-ring (bicyclic) bond motifs is 1. The summed E-state index contributed by atoms with van der Waals surface area (Å²) in [5.74, 6) is -2.32. The third kappa shape index (κ3) is 3.57. The second-order valence-electron chi connectivity index (χ2n) is 7.01. The minimum atomic E-state index is -0.960. The van der Waals surface area contributed by atoms with Gasteiger partial charge in [0.2, 0.25) is 0 Å². The number of imidazole rings is 1. The Bertz CT molecular complexity index is 1320. The standard InChI is InChI=1S/C22H20N6O3/c1-13-18(15(3)28(26-13)16-9-5-4-6-10-16)20(29)22(31)25-24-21(30)19-14(2)23-17-11-7-8-12-27(17)19/h4-12H,1-3H3,(H,24,30)(H,25,31). The zero-order valence-corrected chi connectivity index (χ0v) is 17.2. The Hall–Kier alpha value is -4.27. The SMILES string of the molecule is Cc1nn(-c2ccccc2)c(C)c1C(=O)C(=O)NNC(=O)c1c(C)nc2ccccn12. The minimum Gasteiger partial charge on any atom is -0.295 e. The number of amides is 2. The molecule has 0 spiro atoms. The second-order valence-corrected chi connectivity index (χ2v) is 7.01. The molecule has 9 nitrogen and oxygen atoms in total. The summed E-state index contributed by atoms with van der Waals surface area (Å²) in [7, 11) is 0. The number of Topliss-reactive ketones (excluding diaryl/α,β-unsaturated/α-hetero) is 1. The first-order valence-corrected chi connectivity index (χ1v) is 9.59. The van der Waals surface area contributed by atoms with Crippen molar-refractivity contribution in [2.45, 2.75) is 20.8 Å². The van der Waals surface area contributed by atoms with Crippen LogP contribution in [0.1, 0.15) is 37.9 Å². The maximum Gasteiger partial charge on any atom is 0.310 e. The zero-order chi connectivity index (χ0) is 22.1. The predicted octanol–water partition coefficient (Wildman–Crippen LogP) is 2.09. The molecule has 3 aromatic heterocycles. The molecule has 31 heavy (non-hydrogen) atoms. The molecule has 0 bridgehead atoms. The van der Waals surface area contributed by atoms with Crippen LogP contribution in [-0.4, -0.2) is 36.8 Å². The van der Waals surface area contributed by atoms with Gasteiger partial charge in [-0.3, -0.25) is 29.6 Å². The van der Waals surface area contributed by atoms with Gasteiger partial charge in [-0.05, 0) is 45.0 Å². The summed E-state index contributed by atoms with van der Waals surface area (Å²) in [5, 5.41) is 4.38. The molecule has 0 aliphatic rings. The van der Waals surface area contributed by atoms with E-state index in [9.17, 15) is 14.4 Å². The number of nitrogens with zero attached hydrogens (tertiary/aromatic N) is 4. The van der Waals surface area contributed by atoms with E-state index in [1.165, 1.54) is 0 Å². The number of hydrogen-bond donors (Lipinski definition) is 2. The molecule has 3 heterocycles. The maximum absolute atomic E-state index is 12.8. The number of aryl methyl sites for hydroxylation is 2. The van der Waals surface area contributed by atoms with E-state index in [0.29, 0.717) is 22.7 Å². The van der Waals surface area contributed by atoms with Crippen LogP contribution in [0.3, 0.4) is 0 Å². The topological polar surface area (TPSA) is 110 Å². The third-order valence-corrected chi connectivity index (χ3v) is 4.93. The summed E-state index contributed by atoms with van der Waals surface area (Å²) in [6.07, 6.45) is 1.70. The molecule has 2 amide bonds. The average Bonchev–Trinajstić information content (AvgIpc) is 3.26. The minimum absolute atomic E-state index is 0.196. The van der Waals surface area contributed by atoms with Gasteiger partial charge >= 0.3 is 5.91 Å². The van der Waals surface area contributed by atoms with Crippen molar-refractivity contribution >= 4 is 23.2 Å². The van der Waals surface area contributed by atoms with Crippen molar-refractivity contribution in [2.24, 2.45) is 0 Å².